The van der Waals surface area contributed by atoms with Crippen molar-refractivity contribution in [1.29, 1.82) is 0 Å². The zero-order valence-corrected chi connectivity index (χ0v) is 17.7. The molecule has 1 aromatic rings. The van der Waals surface area contributed by atoms with Crippen molar-refractivity contribution in [3.63, 3.8) is 0 Å². The average Bonchev–Trinajstić information content (AvgIpc) is 3.32. The monoisotopic (exact) mass is 404 g/mol. The maximum absolute atomic E-state index is 12.5. The maximum atomic E-state index is 12.5. The van der Waals surface area contributed by atoms with Crippen molar-refractivity contribution in [3.05, 3.63) is 12.4 Å². The van der Waals surface area contributed by atoms with Crippen molar-refractivity contribution in [3.8, 4) is 5.88 Å². The fourth-order valence-corrected chi connectivity index (χ4v) is 4.58. The van der Waals surface area contributed by atoms with Crippen LogP contribution < -0.4 is 9.64 Å². The van der Waals surface area contributed by atoms with E-state index in [-0.39, 0.29) is 11.7 Å². The highest BCUT2D eigenvalue weighted by atomic mass is 16.6. The van der Waals surface area contributed by atoms with E-state index in [2.05, 4.69) is 38.8 Å². The van der Waals surface area contributed by atoms with E-state index in [0.29, 0.717) is 18.5 Å². The first-order valence-electron chi connectivity index (χ1n) is 10.5. The second-order valence-electron chi connectivity index (χ2n) is 8.58. The Morgan fingerprint density at radius 3 is 2.72 bits per heavy atom. The maximum Gasteiger partial charge on any atom is 0.410 e. The number of piperidine rings is 1. The number of methoxy groups -OCH3 is 1. The predicted molar refractivity (Wildman–Crippen MR) is 109 cm³/mol. The minimum atomic E-state index is -0.359. The molecule has 1 amide bonds. The number of likely N-dealkylation sites (tertiary alicyclic amines) is 1. The summed E-state index contributed by atoms with van der Waals surface area (Å²) in [7, 11) is 5.88. The normalized spacial score (nSPS) is 24.6. The van der Waals surface area contributed by atoms with Crippen LogP contribution in [0, 0.1) is 0 Å². The van der Waals surface area contributed by atoms with Gasteiger partial charge in [0.15, 0.2) is 0 Å². The Labute approximate surface area is 172 Å². The summed E-state index contributed by atoms with van der Waals surface area (Å²) in [6, 6.07) is 2.47. The van der Waals surface area contributed by atoms with Crippen LogP contribution in [0.2, 0.25) is 0 Å². The van der Waals surface area contributed by atoms with Gasteiger partial charge in [0.25, 0.3) is 0 Å². The Morgan fingerprint density at radius 2 is 2.03 bits per heavy atom. The van der Waals surface area contributed by atoms with Gasteiger partial charge in [0, 0.05) is 57.7 Å². The summed E-state index contributed by atoms with van der Waals surface area (Å²) in [4.78, 5) is 29.8. The fraction of sp³-hybridized carbons (Fsp3) is 0.750. The van der Waals surface area contributed by atoms with E-state index in [0.717, 1.165) is 57.9 Å². The number of carbonyl (C=O) groups is 1. The lowest BCUT2D eigenvalue weighted by molar-refractivity contribution is 0.0366. The lowest BCUT2D eigenvalue weighted by Crippen LogP contribution is -2.47. The molecule has 3 aliphatic heterocycles. The molecule has 0 saturated carbocycles. The number of amides is 1. The number of anilines is 1. The fourth-order valence-electron chi connectivity index (χ4n) is 4.58. The standard InChI is InChI=1S/C20H32N6O3/c1-23(2)16-4-7-24(13-16)10-11-26-14-20(29-19(26)27)5-8-25(9-6-20)17-12-18(28-3)22-15-21-17/h12,15-16H,4-11,13-14H2,1-3H3/t16-/m0/s1. The van der Waals surface area contributed by atoms with E-state index < -0.39 is 0 Å². The topological polar surface area (TPSA) is 74.3 Å². The molecule has 9 heteroatoms. The Hall–Kier alpha value is -2.13. The van der Waals surface area contributed by atoms with Gasteiger partial charge in [-0.25, -0.2) is 14.8 Å². The Kier molecular flexibility index (Phi) is 5.78. The Bertz CT molecular complexity index is 722. The first-order valence-corrected chi connectivity index (χ1v) is 10.5. The summed E-state index contributed by atoms with van der Waals surface area (Å²) in [6.45, 7) is 6.15. The lowest BCUT2D eigenvalue weighted by Gasteiger charge is -2.38. The molecule has 1 atom stereocenters. The molecule has 0 bridgehead atoms. The number of hydrogen-bond donors (Lipinski definition) is 0. The van der Waals surface area contributed by atoms with Crippen LogP contribution in [0.15, 0.2) is 12.4 Å². The molecule has 4 heterocycles. The van der Waals surface area contributed by atoms with Crippen LogP contribution in [0.5, 0.6) is 5.88 Å². The first-order chi connectivity index (χ1) is 14.0. The predicted octanol–water partition coefficient (Wildman–Crippen LogP) is 0.912. The van der Waals surface area contributed by atoms with Gasteiger partial charge in [0.05, 0.1) is 13.7 Å². The van der Waals surface area contributed by atoms with E-state index in [1.54, 1.807) is 7.11 Å². The van der Waals surface area contributed by atoms with Gasteiger partial charge in [0.2, 0.25) is 5.88 Å². The summed E-state index contributed by atoms with van der Waals surface area (Å²) in [5, 5.41) is 0. The molecule has 0 unspecified atom stereocenters. The van der Waals surface area contributed by atoms with E-state index >= 15 is 0 Å². The van der Waals surface area contributed by atoms with Crippen LogP contribution in [0.3, 0.4) is 0 Å². The van der Waals surface area contributed by atoms with Crippen LogP contribution in [-0.4, -0.2) is 109 Å². The zero-order valence-electron chi connectivity index (χ0n) is 17.7. The number of nitrogens with zero attached hydrogens (tertiary/aromatic N) is 6. The number of carbonyl (C=O) groups excluding carboxylic acids is 1. The van der Waals surface area contributed by atoms with Gasteiger partial charge in [-0.1, -0.05) is 0 Å². The highest BCUT2D eigenvalue weighted by Crippen LogP contribution is 2.34. The van der Waals surface area contributed by atoms with Gasteiger partial charge in [0.1, 0.15) is 17.7 Å². The second-order valence-corrected chi connectivity index (χ2v) is 8.58. The molecule has 0 N–H and O–H groups in total. The number of rotatable bonds is 6. The van der Waals surface area contributed by atoms with Gasteiger partial charge in [-0.15, -0.1) is 0 Å². The molecule has 0 radical (unpaired) electrons. The van der Waals surface area contributed by atoms with Crippen molar-refractivity contribution in [2.75, 3.05) is 71.9 Å². The molecule has 3 aliphatic rings. The number of aromatic nitrogens is 2. The van der Waals surface area contributed by atoms with Gasteiger partial charge in [-0.2, -0.15) is 0 Å². The van der Waals surface area contributed by atoms with Gasteiger partial charge in [-0.3, -0.25) is 4.90 Å². The Balaban J connectivity index is 1.28. The minimum absolute atomic E-state index is 0.162. The molecule has 3 fully saturated rings. The summed E-state index contributed by atoms with van der Waals surface area (Å²) in [5.74, 6) is 1.42. The molecule has 29 heavy (non-hydrogen) atoms. The SMILES string of the molecule is COc1cc(N2CCC3(CC2)CN(CCN2CC[C@H](N(C)C)C2)C(=O)O3)ncn1. The largest absolute Gasteiger partial charge is 0.481 e. The molecule has 1 spiro atoms. The van der Waals surface area contributed by atoms with E-state index in [4.69, 9.17) is 9.47 Å². The van der Waals surface area contributed by atoms with Gasteiger partial charge < -0.3 is 24.2 Å². The smallest absolute Gasteiger partial charge is 0.410 e. The van der Waals surface area contributed by atoms with E-state index in [1.165, 1.54) is 12.7 Å². The van der Waals surface area contributed by atoms with E-state index in [9.17, 15) is 4.79 Å². The molecule has 9 nitrogen and oxygen atoms in total. The number of hydrogen-bond acceptors (Lipinski definition) is 8. The molecule has 1 aromatic heterocycles. The third-order valence-electron chi connectivity index (χ3n) is 6.54. The van der Waals surface area contributed by atoms with Crippen LogP contribution in [-0.2, 0) is 4.74 Å². The number of likely N-dealkylation sites (N-methyl/N-ethyl adjacent to an activating group) is 1. The molecule has 4 rings (SSSR count). The van der Waals surface area contributed by atoms with Crippen LogP contribution in [0.4, 0.5) is 10.6 Å². The molecular weight excluding hydrogens is 372 g/mol. The van der Waals surface area contributed by atoms with Crippen molar-refractivity contribution in [2.24, 2.45) is 0 Å². The van der Waals surface area contributed by atoms with Crippen molar-refractivity contribution in [2.45, 2.75) is 30.9 Å². The molecule has 160 valence electrons. The summed E-state index contributed by atoms with van der Waals surface area (Å²) in [6.07, 6.45) is 4.19. The molecule has 3 saturated heterocycles. The number of ether oxygens (including phenoxy) is 2. The second kappa shape index (κ2) is 8.31. The third kappa shape index (κ3) is 4.40. The van der Waals surface area contributed by atoms with Gasteiger partial charge >= 0.3 is 6.09 Å². The highest BCUT2D eigenvalue weighted by molar-refractivity contribution is 5.70. The lowest BCUT2D eigenvalue weighted by atomic mass is 9.91. The van der Waals surface area contributed by atoms with Gasteiger partial charge in [-0.05, 0) is 27.1 Å². The summed E-state index contributed by atoms with van der Waals surface area (Å²) < 4.78 is 11.1. The Morgan fingerprint density at radius 1 is 1.24 bits per heavy atom. The van der Waals surface area contributed by atoms with Crippen LogP contribution in [0.1, 0.15) is 19.3 Å². The van der Waals surface area contributed by atoms with Crippen molar-refractivity contribution >= 4 is 11.9 Å². The van der Waals surface area contributed by atoms with Crippen LogP contribution >= 0.6 is 0 Å². The average molecular weight is 405 g/mol. The molecular formula is C20H32N6O3. The minimum Gasteiger partial charge on any atom is -0.481 e. The molecule has 0 aromatic carbocycles. The van der Waals surface area contributed by atoms with Crippen molar-refractivity contribution < 1.29 is 14.3 Å². The van der Waals surface area contributed by atoms with Crippen molar-refractivity contribution in [1.82, 2.24) is 24.7 Å². The third-order valence-corrected chi connectivity index (χ3v) is 6.54. The quantitative estimate of drug-likeness (QED) is 0.693. The highest BCUT2D eigenvalue weighted by Gasteiger charge is 2.47. The van der Waals surface area contributed by atoms with E-state index in [1.807, 2.05) is 11.0 Å². The summed E-state index contributed by atoms with van der Waals surface area (Å²) >= 11 is 0. The van der Waals surface area contributed by atoms with Crippen LogP contribution in [0.25, 0.3) is 0 Å². The first kappa shape index (κ1) is 20.2. The summed E-state index contributed by atoms with van der Waals surface area (Å²) in [5.41, 5.74) is -0.359. The molecule has 0 aliphatic carbocycles. The zero-order chi connectivity index (χ0) is 20.4.